The summed E-state index contributed by atoms with van der Waals surface area (Å²) in [6, 6.07) is 2.15. The van der Waals surface area contributed by atoms with Gasteiger partial charge in [0.2, 0.25) is 0 Å². The largest absolute Gasteiger partial charge is 0.297 e. The van der Waals surface area contributed by atoms with Gasteiger partial charge in [0.15, 0.2) is 5.78 Å². The molecule has 106 valence electrons. The summed E-state index contributed by atoms with van der Waals surface area (Å²) in [6.07, 6.45) is 1.43. The molecular formula is C14H23N3OS. The molecule has 2 heterocycles. The summed E-state index contributed by atoms with van der Waals surface area (Å²) in [7, 11) is 2.05. The van der Waals surface area contributed by atoms with Crippen LogP contribution in [0.25, 0.3) is 0 Å². The minimum Gasteiger partial charge on any atom is -0.297 e. The molecule has 0 aliphatic carbocycles. The number of hydrogen-bond donors (Lipinski definition) is 0. The maximum Gasteiger partial charge on any atom is 0.156 e. The standard InChI is InChI=1S/C14H23N3OS/c1-4-11-8-12(17(5-2)15-11)9-14(18)13-10-19-7-6-16(13)3/h8,13H,4-7,9-10H2,1-3H3. The lowest BCUT2D eigenvalue weighted by atomic mass is 10.1. The Labute approximate surface area is 119 Å². The van der Waals surface area contributed by atoms with Crippen LogP contribution in [0, 0.1) is 0 Å². The lowest BCUT2D eigenvalue weighted by Gasteiger charge is -2.30. The number of thioether (sulfide) groups is 1. The van der Waals surface area contributed by atoms with E-state index in [0.29, 0.717) is 12.2 Å². The number of Topliss-reactive ketones (excluding diaryl/α,β-unsaturated/α-hetero) is 1. The molecule has 0 radical (unpaired) electrons. The SMILES string of the molecule is CCc1cc(CC(=O)C2CSCCN2C)n(CC)n1. The predicted molar refractivity (Wildman–Crippen MR) is 79.7 cm³/mol. The molecule has 1 atom stereocenters. The zero-order valence-electron chi connectivity index (χ0n) is 12.1. The Morgan fingerprint density at radius 1 is 1.53 bits per heavy atom. The first-order chi connectivity index (χ1) is 9.15. The van der Waals surface area contributed by atoms with E-state index in [0.717, 1.165) is 42.4 Å². The highest BCUT2D eigenvalue weighted by atomic mass is 32.2. The minimum absolute atomic E-state index is 0.0732. The molecule has 1 unspecified atom stereocenters. The number of nitrogens with zero attached hydrogens (tertiary/aromatic N) is 3. The number of likely N-dealkylation sites (N-methyl/N-ethyl adjacent to an activating group) is 1. The highest BCUT2D eigenvalue weighted by Crippen LogP contribution is 2.17. The summed E-state index contributed by atoms with van der Waals surface area (Å²) in [5, 5.41) is 4.51. The third-order valence-electron chi connectivity index (χ3n) is 3.70. The quantitative estimate of drug-likeness (QED) is 0.822. The Kier molecular flexibility index (Phi) is 5.05. The number of aryl methyl sites for hydroxylation is 2. The van der Waals surface area contributed by atoms with Gasteiger partial charge < -0.3 is 0 Å². The van der Waals surface area contributed by atoms with Gasteiger partial charge in [0.25, 0.3) is 0 Å². The summed E-state index contributed by atoms with van der Waals surface area (Å²) in [5.74, 6) is 2.38. The third kappa shape index (κ3) is 3.39. The van der Waals surface area contributed by atoms with E-state index in [1.807, 2.05) is 16.4 Å². The average molecular weight is 281 g/mol. The molecular weight excluding hydrogens is 258 g/mol. The minimum atomic E-state index is 0.0732. The van der Waals surface area contributed by atoms with Crippen LogP contribution in [0.4, 0.5) is 0 Å². The number of carbonyl (C=O) groups excluding carboxylic acids is 1. The third-order valence-corrected chi connectivity index (χ3v) is 4.72. The predicted octanol–water partition coefficient (Wildman–Crippen LogP) is 1.62. The summed E-state index contributed by atoms with van der Waals surface area (Å²) < 4.78 is 1.96. The maximum absolute atomic E-state index is 12.4. The first-order valence-electron chi connectivity index (χ1n) is 7.02. The van der Waals surface area contributed by atoms with Gasteiger partial charge in [-0.25, -0.2) is 0 Å². The maximum atomic E-state index is 12.4. The van der Waals surface area contributed by atoms with Crippen molar-refractivity contribution in [1.29, 1.82) is 0 Å². The topological polar surface area (TPSA) is 38.1 Å². The van der Waals surface area contributed by atoms with E-state index in [2.05, 4.69) is 37.0 Å². The Morgan fingerprint density at radius 3 is 2.95 bits per heavy atom. The molecule has 2 rings (SSSR count). The van der Waals surface area contributed by atoms with E-state index < -0.39 is 0 Å². The number of carbonyl (C=O) groups is 1. The van der Waals surface area contributed by atoms with Crippen LogP contribution < -0.4 is 0 Å². The molecule has 19 heavy (non-hydrogen) atoms. The molecule has 1 aliphatic heterocycles. The van der Waals surface area contributed by atoms with Crippen LogP contribution in [0.5, 0.6) is 0 Å². The number of ketones is 1. The molecule has 1 aliphatic rings. The molecule has 1 aromatic rings. The van der Waals surface area contributed by atoms with Gasteiger partial charge in [-0.3, -0.25) is 14.4 Å². The Morgan fingerprint density at radius 2 is 2.32 bits per heavy atom. The highest BCUT2D eigenvalue weighted by molar-refractivity contribution is 7.99. The van der Waals surface area contributed by atoms with E-state index in [9.17, 15) is 4.79 Å². The highest BCUT2D eigenvalue weighted by Gasteiger charge is 2.26. The zero-order chi connectivity index (χ0) is 13.8. The van der Waals surface area contributed by atoms with Crippen LogP contribution in [-0.4, -0.2) is 51.6 Å². The second-order valence-corrected chi connectivity index (χ2v) is 6.16. The van der Waals surface area contributed by atoms with Crippen LogP contribution in [0.15, 0.2) is 6.07 Å². The molecule has 4 nitrogen and oxygen atoms in total. The molecule has 1 saturated heterocycles. The summed E-state index contributed by atoms with van der Waals surface area (Å²) in [5.41, 5.74) is 2.14. The van der Waals surface area contributed by atoms with E-state index in [-0.39, 0.29) is 6.04 Å². The van der Waals surface area contributed by atoms with Crippen molar-refractivity contribution in [3.8, 4) is 0 Å². The number of rotatable bonds is 5. The smallest absolute Gasteiger partial charge is 0.156 e. The van der Waals surface area contributed by atoms with Gasteiger partial charge in [0, 0.05) is 30.3 Å². The molecule has 0 amide bonds. The molecule has 0 spiro atoms. The molecule has 5 heteroatoms. The molecule has 1 aromatic heterocycles. The molecule has 0 aromatic carbocycles. The fourth-order valence-corrected chi connectivity index (χ4v) is 3.67. The summed E-state index contributed by atoms with van der Waals surface area (Å²) in [6.45, 7) is 6.01. The first kappa shape index (κ1) is 14.6. The van der Waals surface area contributed by atoms with Crippen molar-refractivity contribution in [2.75, 3.05) is 25.1 Å². The average Bonchev–Trinajstić information content (AvgIpc) is 2.81. The van der Waals surface area contributed by atoms with Crippen LogP contribution in [0.1, 0.15) is 25.2 Å². The van der Waals surface area contributed by atoms with E-state index in [4.69, 9.17) is 0 Å². The van der Waals surface area contributed by atoms with Gasteiger partial charge in [-0.2, -0.15) is 16.9 Å². The van der Waals surface area contributed by atoms with E-state index >= 15 is 0 Å². The summed E-state index contributed by atoms with van der Waals surface area (Å²) >= 11 is 1.88. The van der Waals surface area contributed by atoms with Crippen molar-refractivity contribution in [2.45, 2.75) is 39.3 Å². The molecule has 0 bridgehead atoms. The Balaban J connectivity index is 2.07. The van der Waals surface area contributed by atoms with Gasteiger partial charge in [-0.15, -0.1) is 0 Å². The lowest BCUT2D eigenvalue weighted by molar-refractivity contribution is -0.122. The van der Waals surface area contributed by atoms with Gasteiger partial charge in [0.1, 0.15) is 0 Å². The van der Waals surface area contributed by atoms with Crippen molar-refractivity contribution in [2.24, 2.45) is 0 Å². The van der Waals surface area contributed by atoms with Crippen molar-refractivity contribution < 1.29 is 4.79 Å². The van der Waals surface area contributed by atoms with Gasteiger partial charge in [-0.1, -0.05) is 6.92 Å². The van der Waals surface area contributed by atoms with Crippen LogP contribution in [0.2, 0.25) is 0 Å². The molecule has 1 fully saturated rings. The Hall–Kier alpha value is -0.810. The van der Waals surface area contributed by atoms with Gasteiger partial charge in [-0.05, 0) is 26.5 Å². The van der Waals surface area contributed by atoms with Crippen molar-refractivity contribution in [1.82, 2.24) is 14.7 Å². The fourth-order valence-electron chi connectivity index (χ4n) is 2.43. The van der Waals surface area contributed by atoms with Crippen LogP contribution >= 0.6 is 11.8 Å². The Bertz CT molecular complexity index is 444. The van der Waals surface area contributed by atoms with Crippen molar-refractivity contribution in [3.05, 3.63) is 17.5 Å². The molecule has 0 N–H and O–H groups in total. The van der Waals surface area contributed by atoms with Gasteiger partial charge in [0.05, 0.1) is 18.2 Å². The van der Waals surface area contributed by atoms with Crippen LogP contribution in [0.3, 0.4) is 0 Å². The monoisotopic (exact) mass is 281 g/mol. The lowest BCUT2D eigenvalue weighted by Crippen LogP contribution is -2.45. The van der Waals surface area contributed by atoms with E-state index in [1.165, 1.54) is 0 Å². The van der Waals surface area contributed by atoms with Crippen molar-refractivity contribution in [3.63, 3.8) is 0 Å². The number of aromatic nitrogens is 2. The van der Waals surface area contributed by atoms with Gasteiger partial charge >= 0.3 is 0 Å². The normalized spacial score (nSPS) is 20.7. The summed E-state index contributed by atoms with van der Waals surface area (Å²) in [4.78, 5) is 14.6. The molecule has 0 saturated carbocycles. The van der Waals surface area contributed by atoms with E-state index in [1.54, 1.807) is 0 Å². The van der Waals surface area contributed by atoms with Crippen LogP contribution in [-0.2, 0) is 24.2 Å². The van der Waals surface area contributed by atoms with Crippen molar-refractivity contribution >= 4 is 17.5 Å². The zero-order valence-corrected chi connectivity index (χ0v) is 12.9. The number of hydrogen-bond acceptors (Lipinski definition) is 4. The second kappa shape index (κ2) is 6.57. The fraction of sp³-hybridized carbons (Fsp3) is 0.714. The second-order valence-electron chi connectivity index (χ2n) is 5.01. The first-order valence-corrected chi connectivity index (χ1v) is 8.17.